The van der Waals surface area contributed by atoms with Gasteiger partial charge in [0, 0.05) is 22.0 Å². The van der Waals surface area contributed by atoms with Gasteiger partial charge in [0.1, 0.15) is 5.82 Å². The molecule has 0 atom stereocenters. The Hall–Kier alpha value is -1.06. The summed E-state index contributed by atoms with van der Waals surface area (Å²) in [4.78, 5) is 4.30. The molecule has 78 valence electrons. The average Bonchev–Trinajstić information content (AvgIpc) is 2.64. The van der Waals surface area contributed by atoms with Crippen LogP contribution >= 0.6 is 23.2 Å². The van der Waals surface area contributed by atoms with Crippen LogP contribution in [0.4, 0.5) is 0 Å². The zero-order valence-corrected chi connectivity index (χ0v) is 9.60. The molecule has 1 aromatic carbocycles. The predicted molar refractivity (Wildman–Crippen MR) is 61.2 cm³/mol. The summed E-state index contributed by atoms with van der Waals surface area (Å²) in [6, 6.07) is 5.26. The minimum atomic E-state index is 0.584. The Morgan fingerprint density at radius 2 is 1.87 bits per heavy atom. The second kappa shape index (κ2) is 4.21. The van der Waals surface area contributed by atoms with Crippen molar-refractivity contribution in [3.05, 3.63) is 34.1 Å². The number of H-pyrrole nitrogens is 1. The summed E-state index contributed by atoms with van der Waals surface area (Å²) < 4.78 is 0. The Balaban J connectivity index is 2.44. The highest BCUT2D eigenvalue weighted by Gasteiger charge is 2.06. The molecule has 0 aliphatic heterocycles. The Kier molecular flexibility index (Phi) is 2.93. The molecule has 0 aliphatic rings. The molecule has 0 radical (unpaired) electrons. The van der Waals surface area contributed by atoms with Crippen molar-refractivity contribution in [3.63, 3.8) is 0 Å². The highest BCUT2D eigenvalue weighted by atomic mass is 35.5. The third kappa shape index (κ3) is 2.30. The molecule has 0 bridgehead atoms. The van der Waals surface area contributed by atoms with Crippen LogP contribution in [0.25, 0.3) is 11.4 Å². The molecule has 0 saturated heterocycles. The molecule has 0 amide bonds. The van der Waals surface area contributed by atoms with Gasteiger partial charge in [0.05, 0.1) is 0 Å². The first kappa shape index (κ1) is 10.5. The van der Waals surface area contributed by atoms with Crippen LogP contribution in [0.1, 0.15) is 12.7 Å². The molecule has 1 heterocycles. The fourth-order valence-electron chi connectivity index (χ4n) is 1.27. The van der Waals surface area contributed by atoms with Gasteiger partial charge in [-0.2, -0.15) is 5.10 Å². The van der Waals surface area contributed by atoms with E-state index in [1.165, 1.54) is 0 Å². The van der Waals surface area contributed by atoms with Gasteiger partial charge in [0.15, 0.2) is 5.82 Å². The molecular weight excluding hydrogens is 233 g/mol. The SMILES string of the molecule is CCc1nc(-c2cc(Cl)cc(Cl)c2)n[nH]1. The van der Waals surface area contributed by atoms with E-state index in [1.807, 2.05) is 6.92 Å². The van der Waals surface area contributed by atoms with Gasteiger partial charge in [-0.15, -0.1) is 0 Å². The lowest BCUT2D eigenvalue weighted by Crippen LogP contribution is -1.83. The van der Waals surface area contributed by atoms with E-state index in [0.717, 1.165) is 17.8 Å². The van der Waals surface area contributed by atoms with Crippen molar-refractivity contribution in [2.24, 2.45) is 0 Å². The predicted octanol–water partition coefficient (Wildman–Crippen LogP) is 3.34. The summed E-state index contributed by atoms with van der Waals surface area (Å²) in [6.07, 6.45) is 0.821. The smallest absolute Gasteiger partial charge is 0.181 e. The molecule has 0 spiro atoms. The van der Waals surface area contributed by atoms with Gasteiger partial charge in [-0.25, -0.2) is 4.98 Å². The highest BCUT2D eigenvalue weighted by molar-refractivity contribution is 6.35. The first-order chi connectivity index (χ1) is 7.19. The van der Waals surface area contributed by atoms with E-state index in [1.54, 1.807) is 18.2 Å². The van der Waals surface area contributed by atoms with Crippen LogP contribution in [0.3, 0.4) is 0 Å². The molecule has 1 aromatic heterocycles. The van der Waals surface area contributed by atoms with Gasteiger partial charge >= 0.3 is 0 Å². The van der Waals surface area contributed by atoms with Crippen molar-refractivity contribution < 1.29 is 0 Å². The number of aromatic amines is 1. The Labute approximate surface area is 97.4 Å². The average molecular weight is 242 g/mol. The van der Waals surface area contributed by atoms with Gasteiger partial charge in [-0.1, -0.05) is 30.1 Å². The topological polar surface area (TPSA) is 41.6 Å². The number of aromatic nitrogens is 3. The van der Waals surface area contributed by atoms with Crippen molar-refractivity contribution in [1.29, 1.82) is 0 Å². The van der Waals surface area contributed by atoms with Crippen LogP contribution in [-0.4, -0.2) is 15.2 Å². The standard InChI is InChI=1S/C10H9Cl2N3/c1-2-9-13-10(15-14-9)6-3-7(11)5-8(12)4-6/h3-5H,2H2,1H3,(H,13,14,15). The van der Waals surface area contributed by atoms with E-state index in [9.17, 15) is 0 Å². The highest BCUT2D eigenvalue weighted by Crippen LogP contribution is 2.24. The molecule has 3 nitrogen and oxygen atoms in total. The largest absolute Gasteiger partial charge is 0.263 e. The van der Waals surface area contributed by atoms with Crippen molar-refractivity contribution >= 4 is 23.2 Å². The summed E-state index contributed by atoms with van der Waals surface area (Å²) in [5.41, 5.74) is 0.823. The summed E-state index contributed by atoms with van der Waals surface area (Å²) >= 11 is 11.8. The van der Waals surface area contributed by atoms with Gasteiger partial charge < -0.3 is 0 Å². The number of nitrogens with one attached hydrogen (secondary N) is 1. The molecule has 1 N–H and O–H groups in total. The summed E-state index contributed by atoms with van der Waals surface area (Å²) in [6.45, 7) is 2.01. The lowest BCUT2D eigenvalue weighted by atomic mass is 10.2. The lowest BCUT2D eigenvalue weighted by molar-refractivity contribution is 0.946. The van der Waals surface area contributed by atoms with E-state index in [2.05, 4.69) is 15.2 Å². The van der Waals surface area contributed by atoms with Gasteiger partial charge in [-0.3, -0.25) is 5.10 Å². The quantitative estimate of drug-likeness (QED) is 0.877. The molecule has 2 rings (SSSR count). The van der Waals surface area contributed by atoms with E-state index >= 15 is 0 Å². The molecule has 15 heavy (non-hydrogen) atoms. The number of nitrogens with zero attached hydrogens (tertiary/aromatic N) is 2. The van der Waals surface area contributed by atoms with Crippen molar-refractivity contribution in [1.82, 2.24) is 15.2 Å². The number of rotatable bonds is 2. The fraction of sp³-hybridized carbons (Fsp3) is 0.200. The maximum atomic E-state index is 5.89. The number of hydrogen-bond acceptors (Lipinski definition) is 2. The van der Waals surface area contributed by atoms with Crippen LogP contribution in [0.15, 0.2) is 18.2 Å². The van der Waals surface area contributed by atoms with Crippen molar-refractivity contribution in [2.75, 3.05) is 0 Å². The number of aryl methyl sites for hydroxylation is 1. The van der Waals surface area contributed by atoms with Gasteiger partial charge in [0.25, 0.3) is 0 Å². The lowest BCUT2D eigenvalue weighted by Gasteiger charge is -1.97. The Morgan fingerprint density at radius 1 is 1.20 bits per heavy atom. The summed E-state index contributed by atoms with van der Waals surface area (Å²) in [5, 5.41) is 8.10. The second-order valence-corrected chi connectivity index (χ2v) is 3.99. The minimum Gasteiger partial charge on any atom is -0.263 e. The minimum absolute atomic E-state index is 0.584. The van der Waals surface area contributed by atoms with E-state index in [0.29, 0.717) is 15.9 Å². The molecule has 0 saturated carbocycles. The molecule has 0 unspecified atom stereocenters. The van der Waals surface area contributed by atoms with Crippen LogP contribution in [0.2, 0.25) is 10.0 Å². The normalized spacial score (nSPS) is 10.6. The van der Waals surface area contributed by atoms with Crippen LogP contribution in [0.5, 0.6) is 0 Å². The first-order valence-corrected chi connectivity index (χ1v) is 5.32. The summed E-state index contributed by atoms with van der Waals surface area (Å²) in [7, 11) is 0. The molecule has 0 fully saturated rings. The first-order valence-electron chi connectivity index (χ1n) is 4.57. The van der Waals surface area contributed by atoms with E-state index in [-0.39, 0.29) is 0 Å². The molecular formula is C10H9Cl2N3. The fourth-order valence-corrected chi connectivity index (χ4v) is 1.79. The van der Waals surface area contributed by atoms with Crippen LogP contribution in [-0.2, 0) is 6.42 Å². The number of benzene rings is 1. The Bertz CT molecular complexity index is 459. The van der Waals surface area contributed by atoms with Crippen molar-refractivity contribution in [2.45, 2.75) is 13.3 Å². The van der Waals surface area contributed by atoms with E-state index in [4.69, 9.17) is 23.2 Å². The zero-order valence-electron chi connectivity index (χ0n) is 8.09. The van der Waals surface area contributed by atoms with Crippen molar-refractivity contribution in [3.8, 4) is 11.4 Å². The van der Waals surface area contributed by atoms with E-state index < -0.39 is 0 Å². The molecule has 0 aliphatic carbocycles. The van der Waals surface area contributed by atoms with Crippen LogP contribution in [0, 0.1) is 0 Å². The molecule has 2 aromatic rings. The third-order valence-electron chi connectivity index (χ3n) is 1.99. The second-order valence-electron chi connectivity index (χ2n) is 3.12. The third-order valence-corrected chi connectivity index (χ3v) is 2.42. The zero-order chi connectivity index (χ0) is 10.8. The Morgan fingerprint density at radius 3 is 2.40 bits per heavy atom. The summed E-state index contributed by atoms with van der Waals surface area (Å²) in [5.74, 6) is 1.47. The monoisotopic (exact) mass is 241 g/mol. The maximum Gasteiger partial charge on any atom is 0.181 e. The molecule has 5 heteroatoms. The van der Waals surface area contributed by atoms with Gasteiger partial charge in [-0.05, 0) is 18.2 Å². The number of hydrogen-bond donors (Lipinski definition) is 1. The number of halogens is 2. The van der Waals surface area contributed by atoms with Gasteiger partial charge in [0.2, 0.25) is 0 Å². The maximum absolute atomic E-state index is 5.89. The van der Waals surface area contributed by atoms with Crippen LogP contribution < -0.4 is 0 Å².